The molecule has 0 amide bonds. The van der Waals surface area contributed by atoms with E-state index in [4.69, 9.17) is 16.3 Å². The average Bonchev–Trinajstić information content (AvgIpc) is 2.72. The van der Waals surface area contributed by atoms with E-state index in [9.17, 15) is 5.02 Å². The van der Waals surface area contributed by atoms with Crippen LogP contribution in [0.3, 0.4) is 0 Å². The van der Waals surface area contributed by atoms with Gasteiger partial charge in [0, 0.05) is 5.02 Å². The van der Waals surface area contributed by atoms with Gasteiger partial charge >= 0.3 is 6.92 Å². The molecule has 27 heavy (non-hydrogen) atoms. The van der Waals surface area contributed by atoms with Gasteiger partial charge < -0.3 is 9.76 Å². The lowest BCUT2D eigenvalue weighted by Crippen LogP contribution is -2.42. The Morgan fingerprint density at radius 3 is 2.33 bits per heavy atom. The van der Waals surface area contributed by atoms with Crippen LogP contribution in [0.4, 0.5) is 0 Å². The molecule has 0 radical (unpaired) electrons. The number of halogens is 1. The van der Waals surface area contributed by atoms with Crippen molar-refractivity contribution in [1.82, 2.24) is 0 Å². The molecular weight excluding hydrogens is 355 g/mol. The minimum Gasteiger partial charge on any atom is -0.443 e. The minimum absolute atomic E-state index is 0.175. The van der Waals surface area contributed by atoms with Gasteiger partial charge in [-0.15, -0.1) is 0 Å². The smallest absolute Gasteiger partial charge is 0.358 e. The summed E-state index contributed by atoms with van der Waals surface area (Å²) in [6.07, 6.45) is 3.57. The monoisotopic (exact) mass is 376 g/mol. The molecule has 1 atom stereocenters. The Hall–Kier alpha value is -2.07. The number of rotatable bonds is 5. The second-order valence-corrected chi connectivity index (χ2v) is 7.52. The summed E-state index contributed by atoms with van der Waals surface area (Å²) in [5.41, 5.74) is 5.56. The van der Waals surface area contributed by atoms with Gasteiger partial charge in [0.15, 0.2) is 0 Å². The lowest BCUT2D eigenvalue weighted by atomic mass is 9.56. The Morgan fingerprint density at radius 1 is 0.926 bits per heavy atom. The number of aryl methyl sites for hydroxylation is 1. The Kier molecular flexibility index (Phi) is 5.63. The zero-order chi connectivity index (χ0) is 18.6. The molecule has 0 aromatic heterocycles. The van der Waals surface area contributed by atoms with Gasteiger partial charge in [0.2, 0.25) is 0 Å². The number of hydrogen-bond donors (Lipinski definition) is 1. The highest BCUT2D eigenvalue weighted by molar-refractivity contribution is 6.78. The third-order valence-electron chi connectivity index (χ3n) is 5.25. The Balaban J connectivity index is 1.41. The van der Waals surface area contributed by atoms with Crippen LogP contribution >= 0.6 is 11.6 Å². The predicted molar refractivity (Wildman–Crippen MR) is 112 cm³/mol. The van der Waals surface area contributed by atoms with Crippen molar-refractivity contribution >= 4 is 29.4 Å². The number of hydrogen-bond acceptors (Lipinski definition) is 2. The molecule has 4 heteroatoms. The molecule has 0 saturated heterocycles. The van der Waals surface area contributed by atoms with Crippen molar-refractivity contribution in [1.29, 1.82) is 0 Å². The lowest BCUT2D eigenvalue weighted by molar-refractivity contribution is 0.0283. The van der Waals surface area contributed by atoms with E-state index in [2.05, 4.69) is 24.3 Å². The van der Waals surface area contributed by atoms with Crippen LogP contribution in [0, 0.1) is 0 Å². The quantitative estimate of drug-likeness (QED) is 0.681. The third-order valence-corrected chi connectivity index (χ3v) is 5.50. The molecular formula is C23H22BClO2. The third kappa shape index (κ3) is 4.27. The molecule has 3 aromatic rings. The van der Waals surface area contributed by atoms with Gasteiger partial charge in [-0.25, -0.2) is 0 Å². The zero-order valence-electron chi connectivity index (χ0n) is 15.1. The molecule has 0 fully saturated rings. The van der Waals surface area contributed by atoms with E-state index >= 15 is 0 Å². The molecule has 2 nitrogen and oxygen atoms in total. The molecule has 0 aliphatic heterocycles. The summed E-state index contributed by atoms with van der Waals surface area (Å²) < 4.78 is 6.22. The average molecular weight is 377 g/mol. The van der Waals surface area contributed by atoms with E-state index in [1.165, 1.54) is 17.5 Å². The van der Waals surface area contributed by atoms with Crippen molar-refractivity contribution in [3.05, 3.63) is 94.5 Å². The normalized spacial score (nSPS) is 16.0. The van der Waals surface area contributed by atoms with E-state index in [-0.39, 0.29) is 6.10 Å². The summed E-state index contributed by atoms with van der Waals surface area (Å²) in [6.45, 7) is -0.0708. The number of fused-ring (bicyclic) bond motifs is 1. The molecule has 1 aliphatic rings. The number of benzene rings is 3. The summed E-state index contributed by atoms with van der Waals surface area (Å²) in [5, 5.41) is 11.2. The van der Waals surface area contributed by atoms with Gasteiger partial charge in [0.05, 0.1) is 12.7 Å². The second-order valence-electron chi connectivity index (χ2n) is 7.09. The minimum atomic E-state index is -0.651. The first-order valence-corrected chi connectivity index (χ1v) is 9.80. The zero-order valence-corrected chi connectivity index (χ0v) is 15.9. The van der Waals surface area contributed by atoms with Crippen LogP contribution in [0.5, 0.6) is 0 Å². The van der Waals surface area contributed by atoms with E-state index < -0.39 is 6.92 Å². The molecule has 136 valence electrons. The van der Waals surface area contributed by atoms with Gasteiger partial charge in [-0.2, -0.15) is 0 Å². The maximum absolute atomic E-state index is 10.5. The second kappa shape index (κ2) is 8.31. The summed E-state index contributed by atoms with van der Waals surface area (Å²) >= 11 is 5.92. The van der Waals surface area contributed by atoms with Gasteiger partial charge in [-0.3, -0.25) is 0 Å². The van der Waals surface area contributed by atoms with Gasteiger partial charge in [0.25, 0.3) is 0 Å². The molecule has 0 heterocycles. The SMILES string of the molecule is OB(c1ccc(Cl)cc1)c1ccc(COC2CCCc3ccccc32)cc1. The van der Waals surface area contributed by atoms with Crippen LogP contribution in [-0.2, 0) is 17.8 Å². The molecule has 1 N–H and O–H groups in total. The van der Waals surface area contributed by atoms with Gasteiger partial charge in [0.1, 0.15) is 0 Å². The standard InChI is InChI=1S/C23H22BClO2/c25-21-14-12-20(13-15-21)24(26)19-10-8-17(9-11-19)16-27-23-7-3-5-18-4-1-2-6-22(18)23/h1-2,4,6,8-15,23,26H,3,5,7,16H2. The molecule has 3 aromatic carbocycles. The highest BCUT2D eigenvalue weighted by Crippen LogP contribution is 2.32. The van der Waals surface area contributed by atoms with Gasteiger partial charge in [-0.05, 0) is 59.0 Å². The van der Waals surface area contributed by atoms with Crippen molar-refractivity contribution < 1.29 is 9.76 Å². The van der Waals surface area contributed by atoms with Crippen molar-refractivity contribution in [2.45, 2.75) is 32.0 Å². The van der Waals surface area contributed by atoms with Crippen LogP contribution in [0.15, 0.2) is 72.8 Å². The van der Waals surface area contributed by atoms with E-state index in [1.54, 1.807) is 12.1 Å². The van der Waals surface area contributed by atoms with Crippen molar-refractivity contribution in [3.8, 4) is 0 Å². The maximum atomic E-state index is 10.5. The predicted octanol–water partition coefficient (Wildman–Crippen LogP) is 4.03. The molecule has 0 bridgehead atoms. The first-order chi connectivity index (χ1) is 13.2. The van der Waals surface area contributed by atoms with Crippen LogP contribution < -0.4 is 10.9 Å². The summed E-state index contributed by atoms with van der Waals surface area (Å²) in [7, 11) is 0. The van der Waals surface area contributed by atoms with E-state index in [1.807, 2.05) is 36.4 Å². The fourth-order valence-corrected chi connectivity index (χ4v) is 3.84. The van der Waals surface area contributed by atoms with Crippen molar-refractivity contribution in [2.75, 3.05) is 0 Å². The van der Waals surface area contributed by atoms with E-state index in [0.29, 0.717) is 11.6 Å². The fraction of sp³-hybridized carbons (Fsp3) is 0.217. The van der Waals surface area contributed by atoms with Crippen LogP contribution in [-0.4, -0.2) is 11.9 Å². The maximum Gasteiger partial charge on any atom is 0.358 e. The van der Waals surface area contributed by atoms with Crippen molar-refractivity contribution in [3.63, 3.8) is 0 Å². The summed E-state index contributed by atoms with van der Waals surface area (Å²) in [4.78, 5) is 0. The summed E-state index contributed by atoms with van der Waals surface area (Å²) in [5.74, 6) is 0. The first kappa shape index (κ1) is 18.3. The molecule has 4 rings (SSSR count). The number of ether oxygens (including phenoxy) is 1. The largest absolute Gasteiger partial charge is 0.443 e. The highest BCUT2D eigenvalue weighted by atomic mass is 35.5. The molecule has 0 spiro atoms. The summed E-state index contributed by atoms with van der Waals surface area (Å²) in [6, 6.07) is 23.9. The lowest BCUT2D eigenvalue weighted by Gasteiger charge is -2.25. The van der Waals surface area contributed by atoms with Gasteiger partial charge in [-0.1, -0.05) is 72.3 Å². The topological polar surface area (TPSA) is 29.5 Å². The van der Waals surface area contributed by atoms with E-state index in [0.717, 1.165) is 29.3 Å². The van der Waals surface area contributed by atoms with Crippen LogP contribution in [0.1, 0.15) is 35.6 Å². The first-order valence-electron chi connectivity index (χ1n) is 9.42. The van der Waals surface area contributed by atoms with Crippen LogP contribution in [0.2, 0.25) is 5.02 Å². The fourth-order valence-electron chi connectivity index (χ4n) is 3.71. The Labute approximate surface area is 165 Å². The molecule has 1 aliphatic carbocycles. The Morgan fingerprint density at radius 2 is 1.59 bits per heavy atom. The highest BCUT2D eigenvalue weighted by Gasteiger charge is 2.20. The Bertz CT molecular complexity index is 893. The van der Waals surface area contributed by atoms with Crippen LogP contribution in [0.25, 0.3) is 0 Å². The van der Waals surface area contributed by atoms with Crippen molar-refractivity contribution in [2.24, 2.45) is 0 Å². The molecule has 1 unspecified atom stereocenters. The molecule has 0 saturated carbocycles.